The molecule has 2 fully saturated rings. The molecular weight excluding hydrogens is 420 g/mol. The van der Waals surface area contributed by atoms with Crippen LogP contribution in [0.1, 0.15) is 48.9 Å². The highest BCUT2D eigenvalue weighted by atomic mass is 16.5. The van der Waals surface area contributed by atoms with Gasteiger partial charge in [0, 0.05) is 55.2 Å². The van der Waals surface area contributed by atoms with Crippen LogP contribution in [0.25, 0.3) is 11.5 Å². The molecule has 0 N–H and O–H groups in total. The van der Waals surface area contributed by atoms with Crippen LogP contribution in [-0.2, 0) is 4.74 Å². The summed E-state index contributed by atoms with van der Waals surface area (Å²) in [5.41, 5.74) is 1.35. The maximum atomic E-state index is 13.4. The van der Waals surface area contributed by atoms with Crippen molar-refractivity contribution in [3.05, 3.63) is 60.2 Å². The van der Waals surface area contributed by atoms with Crippen molar-refractivity contribution in [1.82, 2.24) is 20.1 Å². The van der Waals surface area contributed by atoms with Gasteiger partial charge in [-0.25, -0.2) is 0 Å². The molecule has 2 aromatic heterocycles. The van der Waals surface area contributed by atoms with E-state index < -0.39 is 0 Å². The SMILES string of the molecule is CC(C)Oc1ccc(C(=O)N2CC(c3nnc(-c4ccncc4)o3)C3(CCOCC3)C2)cc1. The first kappa shape index (κ1) is 21.6. The molecule has 2 aliphatic heterocycles. The van der Waals surface area contributed by atoms with E-state index in [9.17, 15) is 4.79 Å². The van der Waals surface area contributed by atoms with Crippen LogP contribution >= 0.6 is 0 Å². The van der Waals surface area contributed by atoms with Gasteiger partial charge in [0.2, 0.25) is 11.8 Å². The molecule has 3 aromatic rings. The van der Waals surface area contributed by atoms with E-state index in [-0.39, 0.29) is 23.3 Å². The van der Waals surface area contributed by atoms with Crippen LogP contribution < -0.4 is 4.74 Å². The summed E-state index contributed by atoms with van der Waals surface area (Å²) in [6.45, 7) is 6.50. The number of hydrogen-bond acceptors (Lipinski definition) is 7. The number of likely N-dealkylation sites (tertiary alicyclic amines) is 1. The number of benzene rings is 1. The van der Waals surface area contributed by atoms with Gasteiger partial charge >= 0.3 is 0 Å². The maximum absolute atomic E-state index is 13.4. The number of aromatic nitrogens is 3. The largest absolute Gasteiger partial charge is 0.491 e. The van der Waals surface area contributed by atoms with Crippen LogP contribution in [0, 0.1) is 5.41 Å². The highest BCUT2D eigenvalue weighted by molar-refractivity contribution is 5.94. The number of carbonyl (C=O) groups excluding carboxylic acids is 1. The van der Waals surface area contributed by atoms with Gasteiger partial charge in [-0.05, 0) is 63.1 Å². The number of carbonyl (C=O) groups is 1. The third-order valence-electron chi connectivity index (χ3n) is 6.56. The second-order valence-corrected chi connectivity index (χ2v) is 9.09. The molecule has 0 aliphatic carbocycles. The molecule has 1 spiro atoms. The molecule has 2 saturated heterocycles. The lowest BCUT2D eigenvalue weighted by atomic mass is 9.72. The van der Waals surface area contributed by atoms with Gasteiger partial charge < -0.3 is 18.8 Å². The van der Waals surface area contributed by atoms with E-state index in [2.05, 4.69) is 15.2 Å². The Labute approximate surface area is 192 Å². The number of amides is 1. The molecule has 4 heterocycles. The number of nitrogens with zero attached hydrogens (tertiary/aromatic N) is 4. The third-order valence-corrected chi connectivity index (χ3v) is 6.56. The molecule has 5 rings (SSSR count). The van der Waals surface area contributed by atoms with E-state index in [1.807, 2.05) is 55.1 Å². The summed E-state index contributed by atoms with van der Waals surface area (Å²) in [5.74, 6) is 1.79. The van der Waals surface area contributed by atoms with Crippen LogP contribution in [0.3, 0.4) is 0 Å². The summed E-state index contributed by atoms with van der Waals surface area (Å²) in [6, 6.07) is 11.1. The molecule has 0 bridgehead atoms. The number of hydrogen-bond donors (Lipinski definition) is 0. The zero-order valence-electron chi connectivity index (χ0n) is 18.9. The topological polar surface area (TPSA) is 90.6 Å². The molecule has 1 atom stereocenters. The fourth-order valence-corrected chi connectivity index (χ4v) is 4.87. The van der Waals surface area contributed by atoms with Crippen molar-refractivity contribution in [1.29, 1.82) is 0 Å². The molecule has 1 amide bonds. The zero-order chi connectivity index (χ0) is 22.8. The van der Waals surface area contributed by atoms with E-state index in [0.717, 1.165) is 24.2 Å². The van der Waals surface area contributed by atoms with Crippen molar-refractivity contribution in [2.24, 2.45) is 5.41 Å². The maximum Gasteiger partial charge on any atom is 0.253 e. The van der Waals surface area contributed by atoms with Crippen molar-refractivity contribution in [2.75, 3.05) is 26.3 Å². The molecule has 8 heteroatoms. The Balaban J connectivity index is 1.39. The fourth-order valence-electron chi connectivity index (χ4n) is 4.87. The van der Waals surface area contributed by atoms with Crippen molar-refractivity contribution >= 4 is 5.91 Å². The standard InChI is InChI=1S/C25H28N4O4/c1-17(2)32-20-5-3-19(4-6-20)24(30)29-15-21(25(16-29)9-13-31-14-10-25)23-28-27-22(33-23)18-7-11-26-12-8-18/h3-8,11-12,17,21H,9-10,13-16H2,1-2H3. The van der Waals surface area contributed by atoms with E-state index in [1.165, 1.54) is 0 Å². The van der Waals surface area contributed by atoms with Gasteiger partial charge in [-0.1, -0.05) is 0 Å². The highest BCUT2D eigenvalue weighted by Crippen LogP contribution is 2.49. The van der Waals surface area contributed by atoms with Gasteiger partial charge in [0.05, 0.1) is 12.0 Å². The summed E-state index contributed by atoms with van der Waals surface area (Å²) < 4.78 is 17.5. The Morgan fingerprint density at radius 3 is 2.52 bits per heavy atom. The van der Waals surface area contributed by atoms with Crippen LogP contribution in [0.15, 0.2) is 53.2 Å². The Morgan fingerprint density at radius 1 is 1.09 bits per heavy atom. The number of ether oxygens (including phenoxy) is 2. The van der Waals surface area contributed by atoms with Crippen molar-refractivity contribution in [3.8, 4) is 17.2 Å². The average molecular weight is 449 g/mol. The Bertz CT molecular complexity index is 1090. The first-order valence-corrected chi connectivity index (χ1v) is 11.4. The van der Waals surface area contributed by atoms with E-state index in [0.29, 0.717) is 43.6 Å². The molecule has 8 nitrogen and oxygen atoms in total. The minimum atomic E-state index is -0.128. The number of pyridine rings is 1. The Hall–Kier alpha value is -3.26. The average Bonchev–Trinajstić information content (AvgIpc) is 3.45. The second-order valence-electron chi connectivity index (χ2n) is 9.09. The predicted octanol–water partition coefficient (Wildman–Crippen LogP) is 3.96. The van der Waals surface area contributed by atoms with E-state index >= 15 is 0 Å². The lowest BCUT2D eigenvalue weighted by Crippen LogP contribution is -2.37. The lowest BCUT2D eigenvalue weighted by molar-refractivity contribution is 0.00908. The molecule has 33 heavy (non-hydrogen) atoms. The van der Waals surface area contributed by atoms with Crippen LogP contribution in [-0.4, -0.2) is 58.4 Å². The minimum Gasteiger partial charge on any atom is -0.491 e. The van der Waals surface area contributed by atoms with Crippen molar-refractivity contribution in [2.45, 2.75) is 38.7 Å². The predicted molar refractivity (Wildman–Crippen MR) is 121 cm³/mol. The Kier molecular flexibility index (Phi) is 5.85. The lowest BCUT2D eigenvalue weighted by Gasteiger charge is -2.36. The molecule has 1 aromatic carbocycles. The quantitative estimate of drug-likeness (QED) is 0.584. The summed E-state index contributed by atoms with van der Waals surface area (Å²) in [4.78, 5) is 19.4. The van der Waals surface area contributed by atoms with Gasteiger partial charge in [-0.3, -0.25) is 9.78 Å². The number of rotatable bonds is 5. The Morgan fingerprint density at radius 2 is 1.82 bits per heavy atom. The smallest absolute Gasteiger partial charge is 0.253 e. The molecule has 2 aliphatic rings. The molecule has 172 valence electrons. The van der Waals surface area contributed by atoms with Crippen molar-refractivity contribution < 1.29 is 18.7 Å². The first-order chi connectivity index (χ1) is 16.0. The normalized spacial score (nSPS) is 19.8. The molecular formula is C25H28N4O4. The zero-order valence-corrected chi connectivity index (χ0v) is 18.9. The summed E-state index contributed by atoms with van der Waals surface area (Å²) in [5, 5.41) is 8.67. The highest BCUT2D eigenvalue weighted by Gasteiger charge is 2.51. The first-order valence-electron chi connectivity index (χ1n) is 11.4. The summed E-state index contributed by atoms with van der Waals surface area (Å²) >= 11 is 0. The van der Waals surface area contributed by atoms with Gasteiger partial charge in [-0.15, -0.1) is 10.2 Å². The van der Waals surface area contributed by atoms with E-state index in [4.69, 9.17) is 13.9 Å². The van der Waals surface area contributed by atoms with Crippen LogP contribution in [0.5, 0.6) is 5.75 Å². The van der Waals surface area contributed by atoms with Crippen LogP contribution in [0.4, 0.5) is 0 Å². The van der Waals surface area contributed by atoms with Gasteiger partial charge in [0.25, 0.3) is 5.91 Å². The van der Waals surface area contributed by atoms with Crippen molar-refractivity contribution in [3.63, 3.8) is 0 Å². The van der Waals surface area contributed by atoms with Gasteiger partial charge in [-0.2, -0.15) is 0 Å². The summed E-state index contributed by atoms with van der Waals surface area (Å²) in [7, 11) is 0. The monoisotopic (exact) mass is 448 g/mol. The van der Waals surface area contributed by atoms with E-state index in [1.54, 1.807) is 12.4 Å². The summed E-state index contributed by atoms with van der Waals surface area (Å²) in [6.07, 6.45) is 5.20. The molecule has 0 saturated carbocycles. The van der Waals surface area contributed by atoms with Gasteiger partial charge in [0.15, 0.2) is 0 Å². The minimum absolute atomic E-state index is 0.00772. The second kappa shape index (κ2) is 8.94. The van der Waals surface area contributed by atoms with Gasteiger partial charge in [0.1, 0.15) is 5.75 Å². The van der Waals surface area contributed by atoms with Crippen LogP contribution in [0.2, 0.25) is 0 Å². The third kappa shape index (κ3) is 4.35. The fraction of sp³-hybridized carbons (Fsp3) is 0.440. The molecule has 1 unspecified atom stereocenters. The molecule has 0 radical (unpaired) electrons.